The van der Waals surface area contributed by atoms with Gasteiger partial charge in [0.25, 0.3) is 5.91 Å². The van der Waals surface area contributed by atoms with Crippen LogP contribution in [-0.4, -0.2) is 33.3 Å². The Labute approximate surface area is 141 Å². The van der Waals surface area contributed by atoms with Crippen molar-refractivity contribution in [2.45, 2.75) is 33.7 Å². The summed E-state index contributed by atoms with van der Waals surface area (Å²) in [6.07, 6.45) is 0.378. The van der Waals surface area contributed by atoms with Crippen molar-refractivity contribution in [3.05, 3.63) is 52.8 Å². The van der Waals surface area contributed by atoms with Gasteiger partial charge in [0.05, 0.1) is 17.2 Å². The third kappa shape index (κ3) is 4.01. The SMILES string of the molecule is CCn1nc(C)c(C(=O)NCC(Cc2ccccc2)C(=O)O)c1C. The van der Waals surface area contributed by atoms with Gasteiger partial charge in [-0.05, 0) is 32.8 Å². The van der Waals surface area contributed by atoms with Crippen LogP contribution in [0.5, 0.6) is 0 Å². The number of carboxylic acids is 1. The van der Waals surface area contributed by atoms with Crippen molar-refractivity contribution in [2.24, 2.45) is 5.92 Å². The van der Waals surface area contributed by atoms with Crippen LogP contribution in [0.4, 0.5) is 0 Å². The molecule has 0 aliphatic carbocycles. The number of rotatable bonds is 7. The zero-order valence-corrected chi connectivity index (χ0v) is 14.2. The van der Waals surface area contributed by atoms with Gasteiger partial charge in [0.1, 0.15) is 0 Å². The van der Waals surface area contributed by atoms with E-state index in [0.717, 1.165) is 11.3 Å². The van der Waals surface area contributed by atoms with Crippen LogP contribution in [0.2, 0.25) is 0 Å². The Morgan fingerprint density at radius 1 is 1.25 bits per heavy atom. The van der Waals surface area contributed by atoms with Gasteiger partial charge >= 0.3 is 5.97 Å². The summed E-state index contributed by atoms with van der Waals surface area (Å²) < 4.78 is 1.77. The van der Waals surface area contributed by atoms with Gasteiger partial charge in [-0.15, -0.1) is 0 Å². The van der Waals surface area contributed by atoms with Gasteiger partial charge in [0, 0.05) is 18.8 Å². The molecular formula is C18H23N3O3. The molecular weight excluding hydrogens is 306 g/mol. The summed E-state index contributed by atoms with van der Waals surface area (Å²) in [7, 11) is 0. The molecule has 0 saturated carbocycles. The number of aliphatic carboxylic acids is 1. The Morgan fingerprint density at radius 3 is 2.46 bits per heavy atom. The number of aryl methyl sites for hydroxylation is 2. The molecule has 2 aromatic rings. The molecule has 0 fully saturated rings. The molecule has 0 saturated heterocycles. The van der Waals surface area contributed by atoms with Gasteiger partial charge < -0.3 is 10.4 Å². The lowest BCUT2D eigenvalue weighted by Crippen LogP contribution is -2.34. The standard InChI is InChI=1S/C18H23N3O3/c1-4-21-13(3)16(12(2)20-21)17(22)19-11-15(18(23)24)10-14-8-6-5-7-9-14/h5-9,15H,4,10-11H2,1-3H3,(H,19,22)(H,23,24). The van der Waals surface area contributed by atoms with E-state index in [0.29, 0.717) is 24.2 Å². The van der Waals surface area contributed by atoms with Crippen LogP contribution in [0.25, 0.3) is 0 Å². The van der Waals surface area contributed by atoms with Crippen molar-refractivity contribution in [1.29, 1.82) is 0 Å². The molecule has 2 rings (SSSR count). The predicted octanol–water partition coefficient (Wildman–Crippen LogP) is 2.19. The number of nitrogens with zero attached hydrogens (tertiary/aromatic N) is 2. The number of carbonyl (C=O) groups excluding carboxylic acids is 1. The normalized spacial score (nSPS) is 12.0. The van der Waals surface area contributed by atoms with Gasteiger partial charge in [-0.25, -0.2) is 0 Å². The van der Waals surface area contributed by atoms with Crippen molar-refractivity contribution >= 4 is 11.9 Å². The Morgan fingerprint density at radius 2 is 1.92 bits per heavy atom. The number of nitrogens with one attached hydrogen (secondary N) is 1. The van der Waals surface area contributed by atoms with Crippen molar-refractivity contribution in [2.75, 3.05) is 6.54 Å². The van der Waals surface area contributed by atoms with Crippen LogP contribution >= 0.6 is 0 Å². The molecule has 1 unspecified atom stereocenters. The van der Waals surface area contributed by atoms with Crippen LogP contribution in [0.15, 0.2) is 30.3 Å². The largest absolute Gasteiger partial charge is 0.481 e. The maximum Gasteiger partial charge on any atom is 0.308 e. The first kappa shape index (κ1) is 17.7. The number of carboxylic acid groups (broad SMARTS) is 1. The van der Waals surface area contributed by atoms with Crippen LogP contribution in [0, 0.1) is 19.8 Å². The number of aromatic nitrogens is 2. The topological polar surface area (TPSA) is 84.2 Å². The molecule has 1 amide bonds. The predicted molar refractivity (Wildman–Crippen MR) is 91.0 cm³/mol. The molecule has 128 valence electrons. The summed E-state index contributed by atoms with van der Waals surface area (Å²) in [5.74, 6) is -1.86. The van der Waals surface area contributed by atoms with Crippen molar-refractivity contribution in [3.63, 3.8) is 0 Å². The quantitative estimate of drug-likeness (QED) is 0.815. The zero-order chi connectivity index (χ0) is 17.7. The molecule has 0 bridgehead atoms. The zero-order valence-electron chi connectivity index (χ0n) is 14.2. The summed E-state index contributed by atoms with van der Waals surface area (Å²) in [6.45, 7) is 6.36. The van der Waals surface area contributed by atoms with E-state index >= 15 is 0 Å². The van der Waals surface area contributed by atoms with Crippen molar-refractivity contribution in [1.82, 2.24) is 15.1 Å². The lowest BCUT2D eigenvalue weighted by atomic mass is 9.99. The fraction of sp³-hybridized carbons (Fsp3) is 0.389. The monoisotopic (exact) mass is 329 g/mol. The number of hydrogen-bond acceptors (Lipinski definition) is 3. The fourth-order valence-electron chi connectivity index (χ4n) is 2.78. The molecule has 0 radical (unpaired) electrons. The Kier molecular flexibility index (Phi) is 5.73. The Hall–Kier alpha value is -2.63. The second-order valence-electron chi connectivity index (χ2n) is 5.80. The van der Waals surface area contributed by atoms with Crippen LogP contribution in [0.3, 0.4) is 0 Å². The minimum atomic E-state index is -0.920. The minimum Gasteiger partial charge on any atom is -0.481 e. The highest BCUT2D eigenvalue weighted by Gasteiger charge is 2.22. The van der Waals surface area contributed by atoms with E-state index < -0.39 is 11.9 Å². The van der Waals surface area contributed by atoms with Gasteiger partial charge in [-0.1, -0.05) is 30.3 Å². The Bertz CT molecular complexity index is 723. The summed E-state index contributed by atoms with van der Waals surface area (Å²) in [6, 6.07) is 9.41. The van der Waals surface area contributed by atoms with Crippen LogP contribution in [-0.2, 0) is 17.8 Å². The molecule has 1 atom stereocenters. The third-order valence-corrected chi connectivity index (χ3v) is 4.09. The first-order valence-electron chi connectivity index (χ1n) is 8.03. The lowest BCUT2D eigenvalue weighted by Gasteiger charge is -2.14. The van der Waals surface area contributed by atoms with Crippen molar-refractivity contribution < 1.29 is 14.7 Å². The van der Waals surface area contributed by atoms with Crippen LogP contribution < -0.4 is 5.32 Å². The summed E-state index contributed by atoms with van der Waals surface area (Å²) in [5.41, 5.74) is 2.91. The highest BCUT2D eigenvalue weighted by Crippen LogP contribution is 2.14. The third-order valence-electron chi connectivity index (χ3n) is 4.09. The van der Waals surface area contributed by atoms with Crippen LogP contribution in [0.1, 0.15) is 34.2 Å². The smallest absolute Gasteiger partial charge is 0.308 e. The molecule has 6 nitrogen and oxygen atoms in total. The second kappa shape index (κ2) is 7.77. The molecule has 0 aliphatic rings. The maximum absolute atomic E-state index is 12.4. The first-order valence-corrected chi connectivity index (χ1v) is 8.03. The van der Waals surface area contributed by atoms with Gasteiger partial charge in [0.15, 0.2) is 0 Å². The van der Waals surface area contributed by atoms with E-state index in [1.807, 2.05) is 44.2 Å². The lowest BCUT2D eigenvalue weighted by molar-refractivity contribution is -0.141. The highest BCUT2D eigenvalue weighted by atomic mass is 16.4. The molecule has 0 aliphatic heterocycles. The van der Waals surface area contributed by atoms with E-state index in [4.69, 9.17) is 0 Å². The van der Waals surface area contributed by atoms with Gasteiger partial charge in [-0.3, -0.25) is 14.3 Å². The summed E-state index contributed by atoms with van der Waals surface area (Å²) >= 11 is 0. The number of amides is 1. The van der Waals surface area contributed by atoms with E-state index in [1.165, 1.54) is 0 Å². The molecule has 2 N–H and O–H groups in total. The molecule has 0 spiro atoms. The minimum absolute atomic E-state index is 0.0826. The molecule has 6 heteroatoms. The first-order chi connectivity index (χ1) is 11.4. The second-order valence-corrected chi connectivity index (χ2v) is 5.80. The fourth-order valence-corrected chi connectivity index (χ4v) is 2.78. The maximum atomic E-state index is 12.4. The van der Waals surface area contributed by atoms with Gasteiger partial charge in [0.2, 0.25) is 0 Å². The number of hydrogen-bond donors (Lipinski definition) is 2. The van der Waals surface area contributed by atoms with E-state index in [2.05, 4.69) is 10.4 Å². The molecule has 1 aromatic heterocycles. The van der Waals surface area contributed by atoms with Crippen molar-refractivity contribution in [3.8, 4) is 0 Å². The summed E-state index contributed by atoms with van der Waals surface area (Å²) in [4.78, 5) is 23.9. The van der Waals surface area contributed by atoms with Gasteiger partial charge in [-0.2, -0.15) is 5.10 Å². The Balaban J connectivity index is 2.05. The average molecular weight is 329 g/mol. The van der Waals surface area contributed by atoms with E-state index in [1.54, 1.807) is 11.6 Å². The average Bonchev–Trinajstić information content (AvgIpc) is 2.85. The van der Waals surface area contributed by atoms with E-state index in [-0.39, 0.29) is 12.5 Å². The summed E-state index contributed by atoms with van der Waals surface area (Å²) in [5, 5.41) is 16.5. The van der Waals surface area contributed by atoms with E-state index in [9.17, 15) is 14.7 Å². The molecule has 1 heterocycles. The molecule has 1 aromatic carbocycles. The number of benzene rings is 1. The number of carbonyl (C=O) groups is 2. The highest BCUT2D eigenvalue weighted by molar-refractivity contribution is 5.96. The molecule has 24 heavy (non-hydrogen) atoms.